The highest BCUT2D eigenvalue weighted by molar-refractivity contribution is 6.01. The molecule has 0 unspecified atom stereocenters. The Morgan fingerprint density at radius 3 is 2.18 bits per heavy atom. The van der Waals surface area contributed by atoms with Gasteiger partial charge in [0.1, 0.15) is 0 Å². The Hall–Kier alpha value is -2.13. The number of carbonyl (C=O) groups is 1. The summed E-state index contributed by atoms with van der Waals surface area (Å²) in [4.78, 5) is 15.6. The summed E-state index contributed by atoms with van der Waals surface area (Å²) in [5, 5.41) is 0. The smallest absolute Gasteiger partial charge is 0.339 e. The summed E-state index contributed by atoms with van der Waals surface area (Å²) >= 11 is 0. The van der Waals surface area contributed by atoms with E-state index in [4.69, 9.17) is 4.74 Å². The van der Waals surface area contributed by atoms with Crippen LogP contribution in [0.3, 0.4) is 0 Å². The maximum absolute atomic E-state index is 13.1. The third-order valence-electron chi connectivity index (χ3n) is 5.79. The number of hydrogen-bond acceptors (Lipinski definition) is 3. The Labute approximate surface area is 169 Å². The van der Waals surface area contributed by atoms with Crippen molar-refractivity contribution < 1.29 is 9.53 Å². The second-order valence-corrected chi connectivity index (χ2v) is 7.52. The zero-order valence-corrected chi connectivity index (χ0v) is 17.8. The van der Waals surface area contributed by atoms with Gasteiger partial charge in [0.2, 0.25) is 0 Å². The van der Waals surface area contributed by atoms with E-state index in [1.54, 1.807) is 0 Å². The lowest BCUT2D eigenvalue weighted by molar-refractivity contribution is 0.0526. The van der Waals surface area contributed by atoms with Gasteiger partial charge >= 0.3 is 5.97 Å². The summed E-state index contributed by atoms with van der Waals surface area (Å²) in [7, 11) is 0. The topological polar surface area (TPSA) is 29.5 Å². The van der Waals surface area contributed by atoms with Gasteiger partial charge in [0.05, 0.1) is 12.2 Å². The molecule has 0 radical (unpaired) electrons. The summed E-state index contributed by atoms with van der Waals surface area (Å²) in [5.74, 6) is -0.178. The number of esters is 1. The highest BCUT2D eigenvalue weighted by Gasteiger charge is 2.31. The predicted octanol–water partition coefficient (Wildman–Crippen LogP) is 5.77. The molecule has 1 aliphatic rings. The maximum atomic E-state index is 13.1. The lowest BCUT2D eigenvalue weighted by atomic mass is 9.83. The van der Waals surface area contributed by atoms with Crippen LogP contribution in [0, 0.1) is 0 Å². The van der Waals surface area contributed by atoms with Gasteiger partial charge in [0.15, 0.2) is 0 Å². The highest BCUT2D eigenvalue weighted by Crippen LogP contribution is 2.40. The fourth-order valence-electron chi connectivity index (χ4n) is 4.52. The number of rotatable bonds is 8. The van der Waals surface area contributed by atoms with Crippen LogP contribution in [0.15, 0.2) is 30.3 Å². The predicted molar refractivity (Wildman–Crippen MR) is 116 cm³/mol. The molecular weight excluding hydrogens is 346 g/mol. The number of fused-ring (bicyclic) bond motifs is 1. The van der Waals surface area contributed by atoms with Crippen LogP contribution in [0.4, 0.5) is 0 Å². The minimum Gasteiger partial charge on any atom is -0.462 e. The first-order chi connectivity index (χ1) is 13.7. The third-order valence-corrected chi connectivity index (χ3v) is 5.79. The molecule has 0 spiro atoms. The molecule has 28 heavy (non-hydrogen) atoms. The molecule has 0 bridgehead atoms. The molecule has 0 amide bonds. The van der Waals surface area contributed by atoms with Gasteiger partial charge in [-0.25, -0.2) is 4.79 Å². The minimum atomic E-state index is -0.178. The molecule has 0 N–H and O–H groups in total. The van der Waals surface area contributed by atoms with Crippen LogP contribution >= 0.6 is 0 Å². The van der Waals surface area contributed by atoms with Crippen LogP contribution in [-0.2, 0) is 30.7 Å². The van der Waals surface area contributed by atoms with E-state index in [1.807, 2.05) is 13.0 Å². The zero-order valence-electron chi connectivity index (χ0n) is 17.8. The highest BCUT2D eigenvalue weighted by atomic mass is 16.5. The minimum absolute atomic E-state index is 0.178. The summed E-state index contributed by atoms with van der Waals surface area (Å²) < 4.78 is 5.53. The molecule has 3 heteroatoms. The molecule has 0 aliphatic carbocycles. The monoisotopic (exact) mass is 379 g/mol. The normalized spacial score (nSPS) is 13.6. The third kappa shape index (κ3) is 3.86. The van der Waals surface area contributed by atoms with Crippen LogP contribution in [0.2, 0.25) is 0 Å². The maximum Gasteiger partial charge on any atom is 0.339 e. The standard InChI is InChI=1S/C25H33NO2/c1-5-9-15-26-16-21-19(6-2)23(18-13-11-10-12-14-18)24(25(27)28-8-4)20(7-3)22(21)17-26/h10-14H,5-9,15-17H2,1-4H3. The fraction of sp³-hybridized carbons (Fsp3) is 0.480. The van der Waals surface area contributed by atoms with Crippen LogP contribution in [-0.4, -0.2) is 24.0 Å². The number of ether oxygens (including phenoxy) is 1. The van der Waals surface area contributed by atoms with E-state index in [0.717, 1.165) is 49.2 Å². The largest absolute Gasteiger partial charge is 0.462 e. The zero-order chi connectivity index (χ0) is 20.1. The second-order valence-electron chi connectivity index (χ2n) is 7.52. The van der Waals surface area contributed by atoms with E-state index >= 15 is 0 Å². The molecule has 0 saturated heterocycles. The van der Waals surface area contributed by atoms with Crippen molar-refractivity contribution in [2.24, 2.45) is 0 Å². The molecule has 2 aromatic rings. The lowest BCUT2D eigenvalue weighted by Crippen LogP contribution is -2.17. The average Bonchev–Trinajstić information content (AvgIpc) is 3.14. The number of hydrogen-bond donors (Lipinski definition) is 0. The van der Waals surface area contributed by atoms with Crippen LogP contribution in [0.1, 0.15) is 73.1 Å². The molecule has 3 nitrogen and oxygen atoms in total. The van der Waals surface area contributed by atoms with Gasteiger partial charge in [-0.1, -0.05) is 57.5 Å². The number of nitrogens with zero attached hydrogens (tertiary/aromatic N) is 1. The molecule has 0 saturated carbocycles. The first-order valence-electron chi connectivity index (χ1n) is 10.8. The molecule has 2 aromatic carbocycles. The van der Waals surface area contributed by atoms with Crippen LogP contribution < -0.4 is 0 Å². The Balaban J connectivity index is 2.25. The van der Waals surface area contributed by atoms with Crippen molar-refractivity contribution in [2.75, 3.05) is 13.2 Å². The molecule has 0 atom stereocenters. The van der Waals surface area contributed by atoms with Crippen molar-refractivity contribution >= 4 is 5.97 Å². The van der Waals surface area contributed by atoms with Crippen LogP contribution in [0.5, 0.6) is 0 Å². The van der Waals surface area contributed by atoms with E-state index in [-0.39, 0.29) is 5.97 Å². The number of benzene rings is 2. The Morgan fingerprint density at radius 1 is 0.964 bits per heavy atom. The number of unbranched alkanes of at least 4 members (excludes halogenated alkanes) is 1. The Kier molecular flexibility index (Phi) is 6.90. The summed E-state index contributed by atoms with van der Waals surface area (Å²) in [6.45, 7) is 12.0. The Morgan fingerprint density at radius 2 is 1.61 bits per heavy atom. The molecule has 150 valence electrons. The van der Waals surface area contributed by atoms with E-state index < -0.39 is 0 Å². The first-order valence-corrected chi connectivity index (χ1v) is 10.8. The second kappa shape index (κ2) is 9.38. The summed E-state index contributed by atoms with van der Waals surface area (Å²) in [6.07, 6.45) is 4.19. The molecule has 1 aliphatic heterocycles. The summed E-state index contributed by atoms with van der Waals surface area (Å²) in [5.41, 5.74) is 8.33. The van der Waals surface area contributed by atoms with Crippen molar-refractivity contribution in [1.82, 2.24) is 4.90 Å². The van der Waals surface area contributed by atoms with Crippen LogP contribution in [0.25, 0.3) is 11.1 Å². The van der Waals surface area contributed by atoms with Crippen molar-refractivity contribution in [1.29, 1.82) is 0 Å². The van der Waals surface area contributed by atoms with E-state index in [1.165, 1.54) is 35.1 Å². The van der Waals surface area contributed by atoms with Gasteiger partial charge < -0.3 is 4.74 Å². The molecule has 0 fully saturated rings. The number of carbonyl (C=O) groups excluding carboxylic acids is 1. The average molecular weight is 380 g/mol. The fourth-order valence-corrected chi connectivity index (χ4v) is 4.52. The van der Waals surface area contributed by atoms with Gasteiger partial charge in [-0.15, -0.1) is 0 Å². The van der Waals surface area contributed by atoms with Gasteiger partial charge in [0.25, 0.3) is 0 Å². The van der Waals surface area contributed by atoms with Crippen molar-refractivity contribution in [3.8, 4) is 11.1 Å². The molecule has 1 heterocycles. The lowest BCUT2D eigenvalue weighted by Gasteiger charge is -2.22. The molecule has 0 aromatic heterocycles. The Bertz CT molecular complexity index is 826. The SMILES string of the molecule is CCCCN1Cc2c(c(CC)c(-c3ccccc3)c(C(=O)OCC)c2CC)C1. The van der Waals surface area contributed by atoms with Gasteiger partial charge in [0, 0.05) is 13.1 Å². The first kappa shape index (κ1) is 20.6. The van der Waals surface area contributed by atoms with E-state index in [0.29, 0.717) is 6.61 Å². The summed E-state index contributed by atoms with van der Waals surface area (Å²) in [6, 6.07) is 10.4. The quantitative estimate of drug-likeness (QED) is 0.545. The van der Waals surface area contributed by atoms with Gasteiger partial charge in [-0.2, -0.15) is 0 Å². The van der Waals surface area contributed by atoms with Crippen molar-refractivity contribution in [3.05, 3.63) is 58.1 Å². The van der Waals surface area contributed by atoms with Gasteiger partial charge in [-0.05, 0) is 66.1 Å². The van der Waals surface area contributed by atoms with Crippen molar-refractivity contribution in [2.45, 2.75) is 66.5 Å². The van der Waals surface area contributed by atoms with E-state index in [2.05, 4.69) is 49.9 Å². The van der Waals surface area contributed by atoms with Crippen molar-refractivity contribution in [3.63, 3.8) is 0 Å². The molecular formula is C25H33NO2. The van der Waals surface area contributed by atoms with E-state index in [9.17, 15) is 4.79 Å². The van der Waals surface area contributed by atoms with Gasteiger partial charge in [-0.3, -0.25) is 4.90 Å². The molecule has 3 rings (SSSR count).